The zero-order chi connectivity index (χ0) is 11.9. The largest absolute Gasteiger partial charge is 0.508 e. The van der Waals surface area contributed by atoms with Crippen molar-refractivity contribution in [2.24, 2.45) is 5.92 Å². The van der Waals surface area contributed by atoms with Gasteiger partial charge in [-0.25, -0.2) is 0 Å². The second-order valence-corrected chi connectivity index (χ2v) is 5.02. The summed E-state index contributed by atoms with van der Waals surface area (Å²) >= 11 is 0. The van der Waals surface area contributed by atoms with E-state index >= 15 is 0 Å². The van der Waals surface area contributed by atoms with Gasteiger partial charge >= 0.3 is 0 Å². The van der Waals surface area contributed by atoms with Gasteiger partial charge in [-0.1, -0.05) is 13.8 Å². The fourth-order valence-electron chi connectivity index (χ4n) is 1.97. The minimum atomic E-state index is 0.237. The average molecular weight is 218 g/mol. The number of Topliss-reactive ketones (excluding diaryl/α,β-unsaturated/α-hetero) is 1. The molecule has 0 saturated heterocycles. The van der Waals surface area contributed by atoms with Crippen LogP contribution in [-0.2, 0) is 0 Å². The van der Waals surface area contributed by atoms with Gasteiger partial charge in [0.25, 0.3) is 0 Å². The van der Waals surface area contributed by atoms with E-state index in [1.54, 1.807) is 6.07 Å². The Hall–Kier alpha value is -1.31. The summed E-state index contributed by atoms with van der Waals surface area (Å²) in [5.74, 6) is 1.05. The highest BCUT2D eigenvalue weighted by atomic mass is 16.3. The molecule has 0 aliphatic heterocycles. The highest BCUT2D eigenvalue weighted by Crippen LogP contribution is 2.36. The van der Waals surface area contributed by atoms with Crippen LogP contribution in [0.2, 0.25) is 0 Å². The lowest BCUT2D eigenvalue weighted by Crippen LogP contribution is -2.07. The Morgan fingerprint density at radius 1 is 1.38 bits per heavy atom. The van der Waals surface area contributed by atoms with Crippen LogP contribution in [0.5, 0.6) is 5.75 Å². The average Bonchev–Trinajstić information content (AvgIpc) is 3.03. The Bertz CT molecular complexity index is 429. The molecule has 0 bridgehead atoms. The fraction of sp³-hybridized carbons (Fsp3) is 0.500. The molecule has 2 rings (SSSR count). The minimum absolute atomic E-state index is 0.237. The lowest BCUT2D eigenvalue weighted by Gasteiger charge is -2.14. The molecule has 0 radical (unpaired) electrons. The first-order valence-corrected chi connectivity index (χ1v) is 5.88. The van der Waals surface area contributed by atoms with Crippen molar-refractivity contribution >= 4 is 5.78 Å². The number of phenolic OH excluding ortho intramolecular Hbond substituents is 1. The van der Waals surface area contributed by atoms with Gasteiger partial charge in [0.1, 0.15) is 5.75 Å². The first-order chi connectivity index (χ1) is 7.50. The molecule has 2 heteroatoms. The maximum atomic E-state index is 12.1. The van der Waals surface area contributed by atoms with E-state index in [0.717, 1.165) is 29.5 Å². The van der Waals surface area contributed by atoms with Crippen LogP contribution in [0.4, 0.5) is 0 Å². The molecule has 1 aliphatic rings. The number of hydrogen-bond donors (Lipinski definition) is 1. The van der Waals surface area contributed by atoms with Crippen molar-refractivity contribution in [3.05, 3.63) is 28.8 Å². The summed E-state index contributed by atoms with van der Waals surface area (Å²) in [7, 11) is 0. The maximum Gasteiger partial charge on any atom is 0.166 e. The predicted octanol–water partition coefficient (Wildman–Crippen LogP) is 3.42. The summed E-state index contributed by atoms with van der Waals surface area (Å²) in [6, 6.07) is 3.58. The molecular weight excluding hydrogens is 200 g/mol. The second-order valence-electron chi connectivity index (χ2n) is 5.02. The summed E-state index contributed by atoms with van der Waals surface area (Å²) in [6.07, 6.45) is 2.05. The predicted molar refractivity (Wildman–Crippen MR) is 64.0 cm³/mol. The third kappa shape index (κ3) is 1.97. The van der Waals surface area contributed by atoms with Crippen molar-refractivity contribution in [1.29, 1.82) is 0 Å². The molecule has 0 amide bonds. The van der Waals surface area contributed by atoms with Crippen molar-refractivity contribution in [3.63, 3.8) is 0 Å². The number of carbonyl (C=O) groups excluding carboxylic acids is 1. The van der Waals surface area contributed by atoms with E-state index in [4.69, 9.17) is 0 Å². The zero-order valence-corrected chi connectivity index (χ0v) is 10.1. The molecule has 86 valence electrons. The van der Waals surface area contributed by atoms with E-state index < -0.39 is 0 Å². The van der Waals surface area contributed by atoms with Crippen LogP contribution in [0, 0.1) is 12.8 Å². The molecular formula is C14H18O2. The highest BCUT2D eigenvalue weighted by Gasteiger charge is 2.32. The molecule has 0 atom stereocenters. The summed E-state index contributed by atoms with van der Waals surface area (Å²) in [5, 5.41) is 9.70. The number of hydrogen-bond acceptors (Lipinski definition) is 2. The number of phenols is 1. The zero-order valence-electron chi connectivity index (χ0n) is 10.1. The number of benzene rings is 1. The molecule has 0 heterocycles. The van der Waals surface area contributed by atoms with Crippen LogP contribution in [0.3, 0.4) is 0 Å². The van der Waals surface area contributed by atoms with E-state index in [-0.39, 0.29) is 23.4 Å². The standard InChI is InChI=1S/C14H18O2/c1-8(2)11-7-13(15)9(3)6-12(11)14(16)10-4-5-10/h6-8,10,15H,4-5H2,1-3H3. The summed E-state index contributed by atoms with van der Waals surface area (Å²) in [4.78, 5) is 12.1. The molecule has 1 aliphatic carbocycles. The SMILES string of the molecule is Cc1cc(C(=O)C2CC2)c(C(C)C)cc1O. The van der Waals surface area contributed by atoms with E-state index in [0.29, 0.717) is 0 Å². The topological polar surface area (TPSA) is 37.3 Å². The van der Waals surface area contributed by atoms with Crippen molar-refractivity contribution in [2.75, 3.05) is 0 Å². The van der Waals surface area contributed by atoms with Gasteiger partial charge in [0, 0.05) is 11.5 Å². The Morgan fingerprint density at radius 3 is 2.50 bits per heavy atom. The highest BCUT2D eigenvalue weighted by molar-refractivity contribution is 6.01. The minimum Gasteiger partial charge on any atom is -0.508 e. The molecule has 1 fully saturated rings. The third-order valence-corrected chi connectivity index (χ3v) is 3.20. The van der Waals surface area contributed by atoms with Gasteiger partial charge in [-0.3, -0.25) is 4.79 Å². The Labute approximate surface area is 96.3 Å². The molecule has 0 unspecified atom stereocenters. The molecule has 1 N–H and O–H groups in total. The van der Waals surface area contributed by atoms with E-state index in [9.17, 15) is 9.90 Å². The summed E-state index contributed by atoms with van der Waals surface area (Å²) in [5.41, 5.74) is 2.57. The molecule has 2 nitrogen and oxygen atoms in total. The lowest BCUT2D eigenvalue weighted by molar-refractivity contribution is 0.0966. The van der Waals surface area contributed by atoms with Gasteiger partial charge in [-0.05, 0) is 48.9 Å². The Morgan fingerprint density at radius 2 is 2.00 bits per heavy atom. The van der Waals surface area contributed by atoms with Crippen LogP contribution in [0.15, 0.2) is 12.1 Å². The van der Waals surface area contributed by atoms with Gasteiger partial charge < -0.3 is 5.11 Å². The first kappa shape index (κ1) is 11.2. The van der Waals surface area contributed by atoms with Crippen LogP contribution < -0.4 is 0 Å². The number of aryl methyl sites for hydroxylation is 1. The normalized spacial score (nSPS) is 15.5. The quantitative estimate of drug-likeness (QED) is 0.789. The molecule has 1 aromatic rings. The van der Waals surface area contributed by atoms with Crippen molar-refractivity contribution < 1.29 is 9.90 Å². The maximum absolute atomic E-state index is 12.1. The fourth-order valence-corrected chi connectivity index (χ4v) is 1.97. The van der Waals surface area contributed by atoms with E-state index in [1.807, 2.05) is 26.8 Å². The summed E-state index contributed by atoms with van der Waals surface area (Å²) in [6.45, 7) is 5.94. The van der Waals surface area contributed by atoms with Crippen molar-refractivity contribution in [1.82, 2.24) is 0 Å². The molecule has 0 aromatic heterocycles. The van der Waals surface area contributed by atoms with Crippen LogP contribution in [-0.4, -0.2) is 10.9 Å². The number of aromatic hydroxyl groups is 1. The number of ketones is 1. The Balaban J connectivity index is 2.48. The molecule has 0 spiro atoms. The van der Waals surface area contributed by atoms with E-state index in [1.165, 1.54) is 0 Å². The number of carbonyl (C=O) groups is 1. The van der Waals surface area contributed by atoms with Crippen LogP contribution in [0.25, 0.3) is 0 Å². The monoisotopic (exact) mass is 218 g/mol. The van der Waals surface area contributed by atoms with Gasteiger partial charge in [0.15, 0.2) is 5.78 Å². The van der Waals surface area contributed by atoms with Gasteiger partial charge in [0.05, 0.1) is 0 Å². The molecule has 1 saturated carbocycles. The van der Waals surface area contributed by atoms with Crippen molar-refractivity contribution in [3.8, 4) is 5.75 Å². The van der Waals surface area contributed by atoms with Gasteiger partial charge in [-0.15, -0.1) is 0 Å². The second kappa shape index (κ2) is 3.93. The smallest absolute Gasteiger partial charge is 0.166 e. The van der Waals surface area contributed by atoms with Crippen LogP contribution in [0.1, 0.15) is 54.1 Å². The Kier molecular flexibility index (Phi) is 2.75. The van der Waals surface area contributed by atoms with Crippen molar-refractivity contribution in [2.45, 2.75) is 39.5 Å². The van der Waals surface area contributed by atoms with Gasteiger partial charge in [0.2, 0.25) is 0 Å². The van der Waals surface area contributed by atoms with E-state index in [2.05, 4.69) is 0 Å². The molecule has 1 aromatic carbocycles. The first-order valence-electron chi connectivity index (χ1n) is 5.88. The molecule has 16 heavy (non-hydrogen) atoms. The van der Waals surface area contributed by atoms with Gasteiger partial charge in [-0.2, -0.15) is 0 Å². The number of rotatable bonds is 3. The third-order valence-electron chi connectivity index (χ3n) is 3.20. The lowest BCUT2D eigenvalue weighted by atomic mass is 9.91. The summed E-state index contributed by atoms with van der Waals surface area (Å²) < 4.78 is 0. The van der Waals surface area contributed by atoms with Crippen LogP contribution >= 0.6 is 0 Å².